The molecule has 0 fully saturated rings. The smallest absolute Gasteiger partial charge is 0.124 e. The molecule has 0 spiro atoms. The number of nitrogens with two attached hydrogens (primary N) is 1. The topological polar surface area (TPSA) is 35.2 Å². The fourth-order valence-corrected chi connectivity index (χ4v) is 1.68. The second kappa shape index (κ2) is 6.06. The predicted octanol–water partition coefficient (Wildman–Crippen LogP) is 3.81. The summed E-state index contributed by atoms with van der Waals surface area (Å²) >= 11 is 3.43. The van der Waals surface area contributed by atoms with Crippen LogP contribution in [0.25, 0.3) is 0 Å². The van der Waals surface area contributed by atoms with Crippen LogP contribution in [-0.2, 0) is 0 Å². The maximum atomic E-state index is 5.90. The van der Waals surface area contributed by atoms with Crippen LogP contribution in [0.5, 0.6) is 5.75 Å². The van der Waals surface area contributed by atoms with Gasteiger partial charge in [0, 0.05) is 16.1 Å². The SMILES string of the molecule is CC(C)=CCOc1ccc(Br)cc1[C@H](C)N. The molecule has 1 rings (SSSR count). The third-order valence-corrected chi connectivity index (χ3v) is 2.69. The van der Waals surface area contributed by atoms with Gasteiger partial charge in [0.1, 0.15) is 12.4 Å². The van der Waals surface area contributed by atoms with E-state index in [9.17, 15) is 0 Å². The molecule has 0 heterocycles. The fourth-order valence-electron chi connectivity index (χ4n) is 1.30. The van der Waals surface area contributed by atoms with Crippen molar-refractivity contribution in [2.45, 2.75) is 26.8 Å². The molecular formula is C13H18BrNO. The van der Waals surface area contributed by atoms with Crippen LogP contribution in [0.3, 0.4) is 0 Å². The first-order chi connectivity index (χ1) is 7.50. The molecular weight excluding hydrogens is 266 g/mol. The molecule has 0 aromatic heterocycles. The lowest BCUT2D eigenvalue weighted by molar-refractivity contribution is 0.356. The summed E-state index contributed by atoms with van der Waals surface area (Å²) in [5.41, 5.74) is 8.17. The zero-order valence-corrected chi connectivity index (χ0v) is 11.5. The number of hydrogen-bond donors (Lipinski definition) is 1. The van der Waals surface area contributed by atoms with Gasteiger partial charge in [0.15, 0.2) is 0 Å². The first kappa shape index (κ1) is 13.3. The van der Waals surface area contributed by atoms with E-state index in [1.807, 2.05) is 31.2 Å². The Balaban J connectivity index is 2.82. The molecule has 0 amide bonds. The minimum absolute atomic E-state index is 0.0285. The van der Waals surface area contributed by atoms with Crippen molar-refractivity contribution in [3.63, 3.8) is 0 Å². The van der Waals surface area contributed by atoms with E-state index in [0.29, 0.717) is 6.61 Å². The van der Waals surface area contributed by atoms with Gasteiger partial charge in [-0.3, -0.25) is 0 Å². The Bertz CT molecular complexity index is 382. The number of hydrogen-bond acceptors (Lipinski definition) is 2. The average Bonchev–Trinajstić information content (AvgIpc) is 2.19. The Morgan fingerprint density at radius 2 is 2.19 bits per heavy atom. The van der Waals surface area contributed by atoms with E-state index in [4.69, 9.17) is 10.5 Å². The van der Waals surface area contributed by atoms with Crippen molar-refractivity contribution in [1.29, 1.82) is 0 Å². The summed E-state index contributed by atoms with van der Waals surface area (Å²) in [5.74, 6) is 0.857. The number of halogens is 1. The van der Waals surface area contributed by atoms with Gasteiger partial charge in [0.2, 0.25) is 0 Å². The number of benzene rings is 1. The molecule has 1 aromatic rings. The van der Waals surface area contributed by atoms with Gasteiger partial charge in [-0.1, -0.05) is 21.5 Å². The van der Waals surface area contributed by atoms with Crippen LogP contribution < -0.4 is 10.5 Å². The van der Waals surface area contributed by atoms with Crippen LogP contribution in [0.15, 0.2) is 34.3 Å². The van der Waals surface area contributed by atoms with E-state index in [2.05, 4.69) is 29.8 Å². The summed E-state index contributed by atoms with van der Waals surface area (Å²) in [5, 5.41) is 0. The molecule has 1 aromatic carbocycles. The lowest BCUT2D eigenvalue weighted by Crippen LogP contribution is -2.08. The predicted molar refractivity (Wildman–Crippen MR) is 71.7 cm³/mol. The maximum absolute atomic E-state index is 5.90. The normalized spacial score (nSPS) is 12.1. The monoisotopic (exact) mass is 283 g/mol. The van der Waals surface area contributed by atoms with Crippen LogP contribution in [0.1, 0.15) is 32.4 Å². The van der Waals surface area contributed by atoms with E-state index < -0.39 is 0 Å². The lowest BCUT2D eigenvalue weighted by Gasteiger charge is -2.13. The highest BCUT2D eigenvalue weighted by Gasteiger charge is 2.08. The molecule has 1 atom stereocenters. The lowest BCUT2D eigenvalue weighted by atomic mass is 10.1. The van der Waals surface area contributed by atoms with E-state index in [1.165, 1.54) is 5.57 Å². The molecule has 0 aliphatic rings. The first-order valence-electron chi connectivity index (χ1n) is 5.32. The highest BCUT2D eigenvalue weighted by molar-refractivity contribution is 9.10. The van der Waals surface area contributed by atoms with Gasteiger partial charge in [0.25, 0.3) is 0 Å². The van der Waals surface area contributed by atoms with E-state index in [0.717, 1.165) is 15.8 Å². The van der Waals surface area contributed by atoms with Crippen LogP contribution in [0.4, 0.5) is 0 Å². The van der Waals surface area contributed by atoms with Crippen molar-refractivity contribution in [3.8, 4) is 5.75 Å². The van der Waals surface area contributed by atoms with Gasteiger partial charge in [-0.05, 0) is 45.0 Å². The Morgan fingerprint density at radius 3 is 2.75 bits per heavy atom. The van der Waals surface area contributed by atoms with Crippen molar-refractivity contribution < 1.29 is 4.74 Å². The van der Waals surface area contributed by atoms with Crippen molar-refractivity contribution >= 4 is 15.9 Å². The fraction of sp³-hybridized carbons (Fsp3) is 0.385. The second-order valence-corrected chi connectivity index (χ2v) is 4.98. The summed E-state index contributed by atoms with van der Waals surface area (Å²) < 4.78 is 6.71. The zero-order chi connectivity index (χ0) is 12.1. The molecule has 0 aliphatic carbocycles. The van der Waals surface area contributed by atoms with E-state index in [-0.39, 0.29) is 6.04 Å². The maximum Gasteiger partial charge on any atom is 0.124 e. The molecule has 2 N–H and O–H groups in total. The largest absolute Gasteiger partial charge is 0.489 e. The van der Waals surface area contributed by atoms with Gasteiger partial charge in [0.05, 0.1) is 0 Å². The molecule has 0 unspecified atom stereocenters. The Labute approximate surface area is 106 Å². The standard InChI is InChI=1S/C13H18BrNO/c1-9(2)6-7-16-13-5-4-11(14)8-12(13)10(3)15/h4-6,8,10H,7,15H2,1-3H3/t10-/m0/s1. The summed E-state index contributed by atoms with van der Waals surface area (Å²) in [6, 6.07) is 5.88. The molecule has 2 nitrogen and oxygen atoms in total. The molecule has 0 saturated heterocycles. The zero-order valence-electron chi connectivity index (χ0n) is 9.96. The quantitative estimate of drug-likeness (QED) is 0.853. The van der Waals surface area contributed by atoms with Gasteiger partial charge >= 0.3 is 0 Å². The molecule has 0 bridgehead atoms. The minimum Gasteiger partial charge on any atom is -0.489 e. The van der Waals surface area contributed by atoms with Crippen LogP contribution in [0.2, 0.25) is 0 Å². The molecule has 0 saturated carbocycles. The van der Waals surface area contributed by atoms with Crippen molar-refractivity contribution in [3.05, 3.63) is 39.9 Å². The van der Waals surface area contributed by atoms with Crippen LogP contribution in [0, 0.1) is 0 Å². The summed E-state index contributed by atoms with van der Waals surface area (Å²) in [7, 11) is 0. The summed E-state index contributed by atoms with van der Waals surface area (Å²) in [6.07, 6.45) is 2.05. The van der Waals surface area contributed by atoms with Gasteiger partial charge in [-0.15, -0.1) is 0 Å². The highest BCUT2D eigenvalue weighted by atomic mass is 79.9. The van der Waals surface area contributed by atoms with Crippen LogP contribution in [-0.4, -0.2) is 6.61 Å². The minimum atomic E-state index is -0.0285. The van der Waals surface area contributed by atoms with Crippen molar-refractivity contribution in [2.24, 2.45) is 5.73 Å². The number of rotatable bonds is 4. The highest BCUT2D eigenvalue weighted by Crippen LogP contribution is 2.27. The second-order valence-electron chi connectivity index (χ2n) is 4.06. The first-order valence-corrected chi connectivity index (χ1v) is 6.11. The third-order valence-electron chi connectivity index (χ3n) is 2.19. The Hall–Kier alpha value is -0.800. The molecule has 0 radical (unpaired) electrons. The molecule has 16 heavy (non-hydrogen) atoms. The Kier molecular flexibility index (Phi) is 5.03. The van der Waals surface area contributed by atoms with Gasteiger partial charge < -0.3 is 10.5 Å². The summed E-state index contributed by atoms with van der Waals surface area (Å²) in [4.78, 5) is 0. The average molecular weight is 284 g/mol. The van der Waals surface area contributed by atoms with Crippen molar-refractivity contribution in [1.82, 2.24) is 0 Å². The van der Waals surface area contributed by atoms with Crippen molar-refractivity contribution in [2.75, 3.05) is 6.61 Å². The Morgan fingerprint density at radius 1 is 1.50 bits per heavy atom. The molecule has 3 heteroatoms. The van der Waals surface area contributed by atoms with Crippen LogP contribution >= 0.6 is 15.9 Å². The van der Waals surface area contributed by atoms with E-state index in [1.54, 1.807) is 0 Å². The van der Waals surface area contributed by atoms with Gasteiger partial charge in [-0.2, -0.15) is 0 Å². The van der Waals surface area contributed by atoms with Gasteiger partial charge in [-0.25, -0.2) is 0 Å². The van der Waals surface area contributed by atoms with E-state index >= 15 is 0 Å². The number of allylic oxidation sites excluding steroid dienone is 1. The number of ether oxygens (including phenoxy) is 1. The summed E-state index contributed by atoms with van der Waals surface area (Å²) in [6.45, 7) is 6.65. The molecule has 88 valence electrons. The third kappa shape index (κ3) is 3.99. The molecule has 0 aliphatic heterocycles.